The highest BCUT2D eigenvalue weighted by atomic mass is 32.2. The standard InChI is InChI=1S/C16H26N2O3S/c1-3-4-11-18(2)22(19,20)17-13-15-10-12-21-16(15)14-8-6-5-7-9-14/h5-9,15-17H,3-4,10-13H2,1-2H3/t15-,16-/m0/s1. The summed E-state index contributed by atoms with van der Waals surface area (Å²) in [6.07, 6.45) is 2.70. The van der Waals surface area contributed by atoms with Gasteiger partial charge in [0, 0.05) is 32.7 Å². The molecule has 1 aromatic carbocycles. The average Bonchev–Trinajstić information content (AvgIpc) is 3.00. The molecule has 0 saturated carbocycles. The molecule has 6 heteroatoms. The van der Waals surface area contributed by atoms with Gasteiger partial charge >= 0.3 is 0 Å². The number of nitrogens with zero attached hydrogens (tertiary/aromatic N) is 1. The van der Waals surface area contributed by atoms with Crippen molar-refractivity contribution in [2.24, 2.45) is 5.92 Å². The summed E-state index contributed by atoms with van der Waals surface area (Å²) >= 11 is 0. The van der Waals surface area contributed by atoms with Gasteiger partial charge in [0.25, 0.3) is 10.2 Å². The number of unbranched alkanes of at least 4 members (excludes halogenated alkanes) is 1. The Morgan fingerprint density at radius 1 is 1.32 bits per heavy atom. The Balaban J connectivity index is 1.93. The second-order valence-electron chi connectivity index (χ2n) is 5.78. The Morgan fingerprint density at radius 2 is 2.05 bits per heavy atom. The van der Waals surface area contributed by atoms with E-state index in [0.717, 1.165) is 24.8 Å². The number of hydrogen-bond donors (Lipinski definition) is 1. The lowest BCUT2D eigenvalue weighted by atomic mass is 9.96. The van der Waals surface area contributed by atoms with Gasteiger partial charge in [-0.1, -0.05) is 43.7 Å². The molecule has 0 aliphatic carbocycles. The van der Waals surface area contributed by atoms with Crippen molar-refractivity contribution in [1.29, 1.82) is 0 Å². The Labute approximate surface area is 133 Å². The van der Waals surface area contributed by atoms with Crippen molar-refractivity contribution in [1.82, 2.24) is 9.03 Å². The van der Waals surface area contributed by atoms with Gasteiger partial charge in [0.2, 0.25) is 0 Å². The van der Waals surface area contributed by atoms with E-state index in [0.29, 0.717) is 19.7 Å². The molecule has 2 atom stereocenters. The molecule has 22 heavy (non-hydrogen) atoms. The fourth-order valence-corrected chi connectivity index (χ4v) is 3.69. The van der Waals surface area contributed by atoms with Crippen LogP contribution in [-0.2, 0) is 14.9 Å². The summed E-state index contributed by atoms with van der Waals surface area (Å²) in [7, 11) is -1.77. The van der Waals surface area contributed by atoms with E-state index < -0.39 is 10.2 Å². The molecular formula is C16H26N2O3S. The maximum Gasteiger partial charge on any atom is 0.279 e. The van der Waals surface area contributed by atoms with E-state index in [9.17, 15) is 8.42 Å². The van der Waals surface area contributed by atoms with Crippen LogP contribution in [0.5, 0.6) is 0 Å². The molecule has 1 fully saturated rings. The van der Waals surface area contributed by atoms with E-state index in [1.807, 2.05) is 37.3 Å². The van der Waals surface area contributed by atoms with Gasteiger partial charge in [-0.05, 0) is 18.4 Å². The minimum Gasteiger partial charge on any atom is -0.373 e. The van der Waals surface area contributed by atoms with E-state index in [4.69, 9.17) is 4.74 Å². The first kappa shape index (κ1) is 17.4. The van der Waals surface area contributed by atoms with Crippen LogP contribution in [0.25, 0.3) is 0 Å². The third kappa shape index (κ3) is 4.52. The van der Waals surface area contributed by atoms with Gasteiger partial charge in [0.1, 0.15) is 0 Å². The number of rotatable bonds is 8. The smallest absolute Gasteiger partial charge is 0.279 e. The van der Waals surface area contributed by atoms with Crippen LogP contribution < -0.4 is 4.72 Å². The van der Waals surface area contributed by atoms with Crippen molar-refractivity contribution in [2.75, 3.05) is 26.7 Å². The first-order chi connectivity index (χ1) is 10.5. The van der Waals surface area contributed by atoms with Crippen molar-refractivity contribution in [2.45, 2.75) is 32.3 Å². The average molecular weight is 326 g/mol. The van der Waals surface area contributed by atoms with Crippen LogP contribution >= 0.6 is 0 Å². The lowest BCUT2D eigenvalue weighted by Crippen LogP contribution is -2.41. The van der Waals surface area contributed by atoms with E-state index in [-0.39, 0.29) is 12.0 Å². The molecule has 1 N–H and O–H groups in total. The van der Waals surface area contributed by atoms with Gasteiger partial charge < -0.3 is 4.74 Å². The topological polar surface area (TPSA) is 58.6 Å². The van der Waals surface area contributed by atoms with Crippen LogP contribution in [-0.4, -0.2) is 39.5 Å². The molecular weight excluding hydrogens is 300 g/mol. The Kier molecular flexibility index (Phi) is 6.37. The SMILES string of the molecule is CCCCN(C)S(=O)(=O)NC[C@@H]1CCO[C@H]1c1ccccc1. The first-order valence-electron chi connectivity index (χ1n) is 7.92. The van der Waals surface area contributed by atoms with Crippen molar-refractivity contribution in [3.8, 4) is 0 Å². The number of hydrogen-bond acceptors (Lipinski definition) is 3. The van der Waals surface area contributed by atoms with E-state index >= 15 is 0 Å². The molecule has 0 amide bonds. The first-order valence-corrected chi connectivity index (χ1v) is 9.36. The Hall–Kier alpha value is -0.950. The minimum atomic E-state index is -3.40. The van der Waals surface area contributed by atoms with Crippen LogP contribution in [0.4, 0.5) is 0 Å². The number of benzene rings is 1. The van der Waals surface area contributed by atoms with Crippen LogP contribution in [0.1, 0.15) is 37.9 Å². The molecule has 0 bridgehead atoms. The third-order valence-corrected chi connectivity index (χ3v) is 5.64. The summed E-state index contributed by atoms with van der Waals surface area (Å²) in [4.78, 5) is 0. The summed E-state index contributed by atoms with van der Waals surface area (Å²) in [5, 5.41) is 0. The van der Waals surface area contributed by atoms with Crippen molar-refractivity contribution < 1.29 is 13.2 Å². The molecule has 1 aromatic rings. The molecule has 1 aliphatic heterocycles. The lowest BCUT2D eigenvalue weighted by Gasteiger charge is -2.22. The molecule has 0 radical (unpaired) electrons. The normalized spacial score (nSPS) is 22.3. The second kappa shape index (κ2) is 8.06. The zero-order valence-electron chi connectivity index (χ0n) is 13.4. The summed E-state index contributed by atoms with van der Waals surface area (Å²) in [5.74, 6) is 0.178. The molecule has 124 valence electrons. The van der Waals surface area contributed by atoms with Gasteiger partial charge in [0.05, 0.1) is 6.10 Å². The summed E-state index contributed by atoms with van der Waals surface area (Å²) in [6, 6.07) is 10.0. The highest BCUT2D eigenvalue weighted by molar-refractivity contribution is 7.87. The maximum atomic E-state index is 12.2. The summed E-state index contributed by atoms with van der Waals surface area (Å²) in [6.45, 7) is 3.69. The Bertz CT molecular complexity index is 548. The fraction of sp³-hybridized carbons (Fsp3) is 0.625. The number of ether oxygens (including phenoxy) is 1. The second-order valence-corrected chi connectivity index (χ2v) is 7.64. The largest absolute Gasteiger partial charge is 0.373 e. The highest BCUT2D eigenvalue weighted by Gasteiger charge is 2.31. The van der Waals surface area contributed by atoms with Crippen molar-refractivity contribution in [3.63, 3.8) is 0 Å². The monoisotopic (exact) mass is 326 g/mol. The van der Waals surface area contributed by atoms with Gasteiger partial charge in [-0.25, -0.2) is 4.72 Å². The highest BCUT2D eigenvalue weighted by Crippen LogP contribution is 2.33. The van der Waals surface area contributed by atoms with Crippen LogP contribution in [0.15, 0.2) is 30.3 Å². The molecule has 2 rings (SSSR count). The van der Waals surface area contributed by atoms with E-state index in [2.05, 4.69) is 4.72 Å². The lowest BCUT2D eigenvalue weighted by molar-refractivity contribution is 0.0916. The van der Waals surface area contributed by atoms with Gasteiger partial charge in [-0.2, -0.15) is 12.7 Å². The quantitative estimate of drug-likeness (QED) is 0.797. The van der Waals surface area contributed by atoms with Gasteiger partial charge in [0.15, 0.2) is 0 Å². The van der Waals surface area contributed by atoms with Crippen molar-refractivity contribution in [3.05, 3.63) is 35.9 Å². The predicted octanol–water partition coefficient (Wildman–Crippen LogP) is 2.33. The van der Waals surface area contributed by atoms with Gasteiger partial charge in [-0.3, -0.25) is 0 Å². The zero-order valence-corrected chi connectivity index (χ0v) is 14.2. The predicted molar refractivity (Wildman–Crippen MR) is 87.7 cm³/mol. The van der Waals surface area contributed by atoms with E-state index in [1.165, 1.54) is 4.31 Å². The summed E-state index contributed by atoms with van der Waals surface area (Å²) < 4.78 is 34.3. The molecule has 1 aliphatic rings. The molecule has 0 spiro atoms. The van der Waals surface area contributed by atoms with Gasteiger partial charge in [-0.15, -0.1) is 0 Å². The van der Waals surface area contributed by atoms with Crippen LogP contribution in [0, 0.1) is 5.92 Å². The molecule has 1 heterocycles. The molecule has 5 nitrogen and oxygen atoms in total. The summed E-state index contributed by atoms with van der Waals surface area (Å²) in [5.41, 5.74) is 1.11. The van der Waals surface area contributed by atoms with E-state index in [1.54, 1.807) is 7.05 Å². The molecule has 1 saturated heterocycles. The fourth-order valence-electron chi connectivity index (χ4n) is 2.68. The third-order valence-electron chi connectivity index (χ3n) is 4.11. The zero-order chi connectivity index (χ0) is 16.0. The Morgan fingerprint density at radius 3 is 2.73 bits per heavy atom. The molecule has 0 unspecified atom stereocenters. The minimum absolute atomic E-state index is 0.0233. The number of nitrogens with one attached hydrogen (secondary N) is 1. The van der Waals surface area contributed by atoms with Crippen LogP contribution in [0.3, 0.4) is 0 Å². The molecule has 0 aromatic heterocycles. The van der Waals surface area contributed by atoms with Crippen LogP contribution in [0.2, 0.25) is 0 Å². The van der Waals surface area contributed by atoms with Crippen molar-refractivity contribution >= 4 is 10.2 Å². The maximum absolute atomic E-state index is 12.2.